The number of amides is 1. The van der Waals surface area contributed by atoms with Gasteiger partial charge in [0.25, 0.3) is 0 Å². The Labute approximate surface area is 136 Å². The summed E-state index contributed by atoms with van der Waals surface area (Å²) in [6.45, 7) is 14.3. The van der Waals surface area contributed by atoms with Crippen LogP contribution in [-0.2, 0) is 4.79 Å². The van der Waals surface area contributed by atoms with E-state index < -0.39 is 0 Å². The van der Waals surface area contributed by atoms with Crippen molar-refractivity contribution < 1.29 is 4.79 Å². The molecule has 0 bridgehead atoms. The number of nitrogens with zero attached hydrogens (tertiary/aromatic N) is 2. The maximum absolute atomic E-state index is 12.5. The zero-order valence-corrected chi connectivity index (χ0v) is 15.0. The molecular weight excluding hydrogens is 274 g/mol. The molecule has 2 rings (SSSR count). The topological polar surface area (TPSA) is 35.6 Å². The van der Waals surface area contributed by atoms with Crippen molar-refractivity contribution in [3.8, 4) is 0 Å². The molecular formula is C18H35N3O. The van der Waals surface area contributed by atoms with Gasteiger partial charge in [-0.3, -0.25) is 9.69 Å². The Morgan fingerprint density at radius 2 is 1.64 bits per heavy atom. The van der Waals surface area contributed by atoms with Crippen LogP contribution in [0.2, 0.25) is 0 Å². The highest BCUT2D eigenvalue weighted by atomic mass is 16.2. The van der Waals surface area contributed by atoms with E-state index in [9.17, 15) is 4.79 Å². The maximum Gasteiger partial charge on any atom is 0.237 e. The monoisotopic (exact) mass is 309 g/mol. The first-order chi connectivity index (χ1) is 10.5. The first-order valence-corrected chi connectivity index (χ1v) is 9.22. The Hall–Kier alpha value is -0.610. The van der Waals surface area contributed by atoms with Crippen molar-refractivity contribution in [2.75, 3.05) is 32.7 Å². The summed E-state index contributed by atoms with van der Waals surface area (Å²) >= 11 is 0. The largest absolute Gasteiger partial charge is 0.352 e. The van der Waals surface area contributed by atoms with E-state index in [0.29, 0.717) is 6.04 Å². The molecule has 1 saturated heterocycles. The van der Waals surface area contributed by atoms with E-state index in [1.54, 1.807) is 0 Å². The van der Waals surface area contributed by atoms with Crippen LogP contribution in [0.4, 0.5) is 0 Å². The number of nitrogens with one attached hydrogen (secondary N) is 1. The fourth-order valence-electron chi connectivity index (χ4n) is 3.74. The second-order valence-corrected chi connectivity index (χ2v) is 7.87. The molecule has 2 aliphatic rings. The molecule has 0 aromatic heterocycles. The lowest BCUT2D eigenvalue weighted by atomic mass is 9.87. The minimum atomic E-state index is 0.0144. The highest BCUT2D eigenvalue weighted by Crippen LogP contribution is 2.23. The van der Waals surface area contributed by atoms with Gasteiger partial charge < -0.3 is 10.2 Å². The molecule has 1 aliphatic heterocycles. The van der Waals surface area contributed by atoms with E-state index in [1.165, 1.54) is 19.4 Å². The van der Waals surface area contributed by atoms with Gasteiger partial charge >= 0.3 is 0 Å². The van der Waals surface area contributed by atoms with Crippen molar-refractivity contribution in [2.45, 2.75) is 65.5 Å². The van der Waals surface area contributed by atoms with Crippen LogP contribution in [0.15, 0.2) is 0 Å². The summed E-state index contributed by atoms with van der Waals surface area (Å²) in [5, 5.41) is 3.29. The fraction of sp³-hybridized carbons (Fsp3) is 0.944. The number of hydrogen-bond acceptors (Lipinski definition) is 3. The molecule has 1 unspecified atom stereocenters. The second kappa shape index (κ2) is 8.30. The molecule has 0 aromatic carbocycles. The number of hydrogen-bond donors (Lipinski definition) is 1. The molecule has 2 fully saturated rings. The van der Waals surface area contributed by atoms with Crippen LogP contribution in [0, 0.1) is 11.8 Å². The fourth-order valence-corrected chi connectivity index (χ4v) is 3.74. The molecule has 1 aliphatic carbocycles. The van der Waals surface area contributed by atoms with Crippen LogP contribution in [0.1, 0.15) is 53.4 Å². The van der Waals surface area contributed by atoms with Gasteiger partial charge in [0, 0.05) is 38.8 Å². The lowest BCUT2D eigenvalue weighted by Gasteiger charge is -2.38. The first-order valence-electron chi connectivity index (χ1n) is 9.22. The zero-order valence-electron chi connectivity index (χ0n) is 15.0. The second-order valence-electron chi connectivity index (χ2n) is 7.87. The lowest BCUT2D eigenvalue weighted by molar-refractivity contribution is -0.127. The van der Waals surface area contributed by atoms with Gasteiger partial charge in [-0.05, 0) is 44.4 Å². The van der Waals surface area contributed by atoms with E-state index in [2.05, 4.69) is 42.8 Å². The standard InChI is InChI=1S/C18H35N3O/c1-14(2)13-20-9-11-21(12-10-20)16(4)18(22)19-17-7-5-15(3)6-8-17/h14-17H,5-13H2,1-4H3,(H,19,22). The van der Waals surface area contributed by atoms with Gasteiger partial charge in [-0.1, -0.05) is 20.8 Å². The van der Waals surface area contributed by atoms with Crippen LogP contribution >= 0.6 is 0 Å². The molecule has 0 radical (unpaired) electrons. The molecule has 1 atom stereocenters. The summed E-state index contributed by atoms with van der Waals surface area (Å²) in [5.74, 6) is 1.79. The number of carbonyl (C=O) groups excluding carboxylic acids is 1. The Bertz CT molecular complexity index is 342. The van der Waals surface area contributed by atoms with Gasteiger partial charge in [0.05, 0.1) is 6.04 Å². The van der Waals surface area contributed by atoms with Crippen LogP contribution in [-0.4, -0.2) is 60.5 Å². The average molecular weight is 309 g/mol. The summed E-state index contributed by atoms with van der Waals surface area (Å²) in [6.07, 6.45) is 4.82. The summed E-state index contributed by atoms with van der Waals surface area (Å²) in [4.78, 5) is 17.4. The van der Waals surface area contributed by atoms with Crippen LogP contribution in [0.5, 0.6) is 0 Å². The third-order valence-electron chi connectivity index (χ3n) is 5.32. The van der Waals surface area contributed by atoms with Crippen molar-refractivity contribution >= 4 is 5.91 Å². The number of piperazine rings is 1. The molecule has 4 nitrogen and oxygen atoms in total. The Kier molecular flexibility index (Phi) is 6.69. The smallest absolute Gasteiger partial charge is 0.237 e. The highest BCUT2D eigenvalue weighted by molar-refractivity contribution is 5.81. The van der Waals surface area contributed by atoms with E-state index in [4.69, 9.17) is 0 Å². The molecule has 0 aromatic rings. The molecule has 128 valence electrons. The van der Waals surface area contributed by atoms with E-state index >= 15 is 0 Å². The van der Waals surface area contributed by atoms with Crippen molar-refractivity contribution in [2.24, 2.45) is 11.8 Å². The maximum atomic E-state index is 12.5. The molecule has 1 saturated carbocycles. The van der Waals surface area contributed by atoms with Crippen molar-refractivity contribution in [3.63, 3.8) is 0 Å². The van der Waals surface area contributed by atoms with Crippen molar-refractivity contribution in [3.05, 3.63) is 0 Å². The molecule has 4 heteroatoms. The molecule has 1 heterocycles. The highest BCUT2D eigenvalue weighted by Gasteiger charge is 2.28. The number of carbonyl (C=O) groups is 1. The summed E-state index contributed by atoms with van der Waals surface area (Å²) in [6, 6.07) is 0.425. The normalized spacial score (nSPS) is 29.5. The summed E-state index contributed by atoms with van der Waals surface area (Å²) < 4.78 is 0. The van der Waals surface area contributed by atoms with Gasteiger partial charge in [0.15, 0.2) is 0 Å². The van der Waals surface area contributed by atoms with Crippen molar-refractivity contribution in [1.29, 1.82) is 0 Å². The van der Waals surface area contributed by atoms with Gasteiger partial charge in [-0.2, -0.15) is 0 Å². The van der Waals surface area contributed by atoms with Gasteiger partial charge in [0.2, 0.25) is 5.91 Å². The molecule has 1 N–H and O–H groups in total. The predicted octanol–water partition coefficient (Wildman–Crippen LogP) is 2.34. The van der Waals surface area contributed by atoms with E-state index in [1.807, 2.05) is 0 Å². The quantitative estimate of drug-likeness (QED) is 0.847. The SMILES string of the molecule is CC(C)CN1CCN(C(C)C(=O)NC2CCC(C)CC2)CC1. The van der Waals surface area contributed by atoms with Crippen LogP contribution < -0.4 is 5.32 Å². The summed E-state index contributed by atoms with van der Waals surface area (Å²) in [5.41, 5.74) is 0. The lowest BCUT2D eigenvalue weighted by Crippen LogP contribution is -2.55. The van der Waals surface area contributed by atoms with E-state index in [0.717, 1.165) is 50.9 Å². The molecule has 22 heavy (non-hydrogen) atoms. The minimum Gasteiger partial charge on any atom is -0.352 e. The third-order valence-corrected chi connectivity index (χ3v) is 5.32. The third kappa shape index (κ3) is 5.24. The van der Waals surface area contributed by atoms with Gasteiger partial charge in [-0.25, -0.2) is 0 Å². The number of rotatable bonds is 5. The Morgan fingerprint density at radius 3 is 2.18 bits per heavy atom. The van der Waals surface area contributed by atoms with Gasteiger partial charge in [0.1, 0.15) is 0 Å². The van der Waals surface area contributed by atoms with E-state index in [-0.39, 0.29) is 11.9 Å². The summed E-state index contributed by atoms with van der Waals surface area (Å²) in [7, 11) is 0. The first kappa shape index (κ1) is 17.7. The average Bonchev–Trinajstić information content (AvgIpc) is 2.49. The van der Waals surface area contributed by atoms with Gasteiger partial charge in [-0.15, -0.1) is 0 Å². The predicted molar refractivity (Wildman–Crippen MR) is 91.9 cm³/mol. The Balaban J connectivity index is 1.72. The van der Waals surface area contributed by atoms with Crippen molar-refractivity contribution in [1.82, 2.24) is 15.1 Å². The van der Waals surface area contributed by atoms with Crippen LogP contribution in [0.3, 0.4) is 0 Å². The van der Waals surface area contributed by atoms with Crippen LogP contribution in [0.25, 0.3) is 0 Å². The molecule has 1 amide bonds. The zero-order chi connectivity index (χ0) is 16.1. The molecule has 0 spiro atoms. The minimum absolute atomic E-state index is 0.0144. The Morgan fingerprint density at radius 1 is 1.05 bits per heavy atom.